The van der Waals surface area contributed by atoms with E-state index in [1.54, 1.807) is 11.3 Å². The van der Waals surface area contributed by atoms with Gasteiger partial charge in [0.25, 0.3) is 0 Å². The third-order valence-corrected chi connectivity index (χ3v) is 5.86. The van der Waals surface area contributed by atoms with Gasteiger partial charge in [-0.3, -0.25) is 10.00 Å². The third-order valence-electron chi connectivity index (χ3n) is 4.67. The van der Waals surface area contributed by atoms with E-state index >= 15 is 0 Å². The maximum atomic E-state index is 5.44. The van der Waals surface area contributed by atoms with Gasteiger partial charge in [0.2, 0.25) is 4.77 Å². The van der Waals surface area contributed by atoms with Crippen molar-refractivity contribution in [1.29, 1.82) is 0 Å². The van der Waals surface area contributed by atoms with Crippen LogP contribution in [0.1, 0.15) is 30.0 Å². The molecule has 2 aromatic heterocycles. The lowest BCUT2D eigenvalue weighted by Gasteiger charge is -2.33. The zero-order valence-electron chi connectivity index (χ0n) is 13.6. The van der Waals surface area contributed by atoms with E-state index in [1.807, 2.05) is 10.7 Å². The molecule has 1 unspecified atom stereocenters. The Balaban J connectivity index is 1.57. The molecule has 3 aromatic rings. The summed E-state index contributed by atoms with van der Waals surface area (Å²) in [5.74, 6) is 0.854. The van der Waals surface area contributed by atoms with Gasteiger partial charge < -0.3 is 0 Å². The summed E-state index contributed by atoms with van der Waals surface area (Å²) < 4.78 is 2.57. The molecule has 4 nitrogen and oxygen atoms in total. The van der Waals surface area contributed by atoms with Crippen molar-refractivity contribution in [3.05, 3.63) is 57.7 Å². The molecule has 1 aromatic carbocycles. The van der Waals surface area contributed by atoms with E-state index in [0.29, 0.717) is 10.8 Å². The highest BCUT2D eigenvalue weighted by atomic mass is 32.1. The first kappa shape index (κ1) is 15.7. The highest BCUT2D eigenvalue weighted by Crippen LogP contribution is 2.33. The number of aryl methyl sites for hydroxylation is 1. The predicted octanol–water partition coefficient (Wildman–Crippen LogP) is 4.64. The van der Waals surface area contributed by atoms with Crippen molar-refractivity contribution in [2.45, 2.75) is 32.0 Å². The van der Waals surface area contributed by atoms with Gasteiger partial charge >= 0.3 is 0 Å². The number of hydrogen-bond donors (Lipinski definition) is 1. The number of nitrogens with one attached hydrogen (secondary N) is 1. The van der Waals surface area contributed by atoms with Crippen molar-refractivity contribution in [2.75, 3.05) is 7.05 Å². The molecule has 0 saturated carbocycles. The Morgan fingerprint density at radius 3 is 3.04 bits per heavy atom. The summed E-state index contributed by atoms with van der Waals surface area (Å²) in [6, 6.07) is 13.3. The van der Waals surface area contributed by atoms with Crippen molar-refractivity contribution >= 4 is 23.6 Å². The minimum Gasteiger partial charge on any atom is -0.280 e. The molecule has 0 bridgehead atoms. The summed E-state index contributed by atoms with van der Waals surface area (Å²) in [5, 5.41) is 5.40. The molecule has 2 heterocycles. The van der Waals surface area contributed by atoms with E-state index in [4.69, 9.17) is 12.2 Å². The van der Waals surface area contributed by atoms with Crippen molar-refractivity contribution in [3.63, 3.8) is 0 Å². The number of aromatic nitrogens is 3. The first-order valence-corrected chi connectivity index (χ1v) is 9.50. The molecule has 0 saturated heterocycles. The average molecular weight is 357 g/mol. The molecule has 1 aliphatic rings. The van der Waals surface area contributed by atoms with Crippen molar-refractivity contribution < 1.29 is 0 Å². The molecule has 1 aliphatic carbocycles. The van der Waals surface area contributed by atoms with Gasteiger partial charge in [0, 0.05) is 6.04 Å². The first-order chi connectivity index (χ1) is 11.7. The summed E-state index contributed by atoms with van der Waals surface area (Å²) in [5.41, 5.74) is 2.93. The number of fused-ring (bicyclic) bond motifs is 1. The second-order valence-corrected chi connectivity index (χ2v) is 7.58. The largest absolute Gasteiger partial charge is 0.280 e. The molecule has 24 heavy (non-hydrogen) atoms. The van der Waals surface area contributed by atoms with Crippen molar-refractivity contribution in [1.82, 2.24) is 19.7 Å². The van der Waals surface area contributed by atoms with Gasteiger partial charge in [0.1, 0.15) is 0 Å². The maximum Gasteiger partial charge on any atom is 0.217 e. The number of aromatic amines is 1. The maximum absolute atomic E-state index is 5.44. The lowest BCUT2D eigenvalue weighted by atomic mass is 9.87. The standard InChI is InChI=1S/C18H20N4S2/c1-21(15-9-4-7-13-6-2-3-8-14(13)15)12-22-18(23)19-17(20-22)16-10-5-11-24-16/h2-3,5-6,8,10-11,15H,4,7,9,12H2,1H3,(H,19,20,23). The molecule has 0 radical (unpaired) electrons. The van der Waals surface area contributed by atoms with Crippen LogP contribution in [-0.2, 0) is 13.1 Å². The van der Waals surface area contributed by atoms with Crippen LogP contribution in [-0.4, -0.2) is 26.7 Å². The Morgan fingerprint density at radius 1 is 1.33 bits per heavy atom. The molecular weight excluding hydrogens is 336 g/mol. The zero-order chi connectivity index (χ0) is 16.5. The lowest BCUT2D eigenvalue weighted by molar-refractivity contribution is 0.166. The van der Waals surface area contributed by atoms with Crippen molar-refractivity contribution in [2.24, 2.45) is 0 Å². The van der Waals surface area contributed by atoms with Gasteiger partial charge in [0.05, 0.1) is 11.5 Å². The molecule has 4 rings (SSSR count). The quantitative estimate of drug-likeness (QED) is 0.692. The summed E-state index contributed by atoms with van der Waals surface area (Å²) in [6.07, 6.45) is 3.61. The number of rotatable bonds is 4. The summed E-state index contributed by atoms with van der Waals surface area (Å²) in [4.78, 5) is 7.98. The Labute approximate surface area is 150 Å². The molecule has 0 aliphatic heterocycles. The van der Waals surface area contributed by atoms with Crippen molar-refractivity contribution in [3.8, 4) is 10.7 Å². The van der Waals surface area contributed by atoms with E-state index in [1.165, 1.54) is 30.4 Å². The Morgan fingerprint density at radius 2 is 2.21 bits per heavy atom. The highest BCUT2D eigenvalue weighted by Gasteiger charge is 2.23. The van der Waals surface area contributed by atoms with E-state index in [-0.39, 0.29) is 0 Å². The van der Waals surface area contributed by atoms with E-state index in [0.717, 1.165) is 17.4 Å². The highest BCUT2D eigenvalue weighted by molar-refractivity contribution is 7.71. The normalized spacial score (nSPS) is 17.2. The predicted molar refractivity (Wildman–Crippen MR) is 101 cm³/mol. The molecule has 124 valence electrons. The minimum atomic E-state index is 0.435. The van der Waals surface area contributed by atoms with Crippen LogP contribution in [0.15, 0.2) is 41.8 Å². The number of nitrogens with zero attached hydrogens (tertiary/aromatic N) is 3. The number of hydrogen-bond acceptors (Lipinski definition) is 4. The summed E-state index contributed by atoms with van der Waals surface area (Å²) >= 11 is 7.11. The Hall–Kier alpha value is -1.76. The third kappa shape index (κ3) is 2.97. The summed E-state index contributed by atoms with van der Waals surface area (Å²) in [6.45, 7) is 0.718. The molecule has 0 spiro atoms. The minimum absolute atomic E-state index is 0.435. The van der Waals surface area contributed by atoms with E-state index in [2.05, 4.69) is 57.7 Å². The molecule has 1 atom stereocenters. The number of H-pyrrole nitrogens is 1. The molecule has 1 N–H and O–H groups in total. The summed E-state index contributed by atoms with van der Waals surface area (Å²) in [7, 11) is 2.17. The van der Waals surface area contributed by atoms with Crippen LogP contribution in [0, 0.1) is 4.77 Å². The van der Waals surface area contributed by atoms with Crippen LogP contribution >= 0.6 is 23.6 Å². The first-order valence-electron chi connectivity index (χ1n) is 8.21. The average Bonchev–Trinajstić information content (AvgIpc) is 3.25. The molecule has 0 fully saturated rings. The monoisotopic (exact) mass is 356 g/mol. The lowest BCUT2D eigenvalue weighted by Crippen LogP contribution is -2.30. The van der Waals surface area contributed by atoms with E-state index in [9.17, 15) is 0 Å². The second kappa shape index (κ2) is 6.63. The molecular formula is C18H20N4S2. The van der Waals surface area contributed by atoms with Crippen LogP contribution < -0.4 is 0 Å². The smallest absolute Gasteiger partial charge is 0.217 e. The van der Waals surface area contributed by atoms with Crippen LogP contribution in [0.25, 0.3) is 10.7 Å². The zero-order valence-corrected chi connectivity index (χ0v) is 15.2. The fourth-order valence-corrected chi connectivity index (χ4v) is 4.34. The Bertz CT molecular complexity index is 879. The topological polar surface area (TPSA) is 36.9 Å². The molecule has 0 amide bonds. The molecule has 6 heteroatoms. The number of thiophene rings is 1. The van der Waals surface area contributed by atoms with Gasteiger partial charge in [-0.1, -0.05) is 30.3 Å². The van der Waals surface area contributed by atoms with Crippen LogP contribution in [0.3, 0.4) is 0 Å². The van der Waals surface area contributed by atoms with Crippen LogP contribution in [0.2, 0.25) is 0 Å². The van der Waals surface area contributed by atoms with Gasteiger partial charge in [-0.05, 0) is 61.1 Å². The van der Waals surface area contributed by atoms with Gasteiger partial charge in [0.15, 0.2) is 5.82 Å². The number of benzene rings is 1. The van der Waals surface area contributed by atoms with Gasteiger partial charge in [-0.25, -0.2) is 4.68 Å². The van der Waals surface area contributed by atoms with Crippen LogP contribution in [0.5, 0.6) is 0 Å². The van der Waals surface area contributed by atoms with Gasteiger partial charge in [-0.2, -0.15) is 4.98 Å². The fourth-order valence-electron chi connectivity index (χ4n) is 3.48. The Kier molecular flexibility index (Phi) is 4.35. The SMILES string of the molecule is CN(Cn1[nH]c(-c2cccs2)nc1=S)C1CCCc2ccccc21. The second-order valence-electron chi connectivity index (χ2n) is 6.27. The van der Waals surface area contributed by atoms with Crippen LogP contribution in [0.4, 0.5) is 0 Å². The van der Waals surface area contributed by atoms with E-state index < -0.39 is 0 Å². The van der Waals surface area contributed by atoms with Gasteiger partial charge in [-0.15, -0.1) is 11.3 Å². The fraction of sp³-hybridized carbons (Fsp3) is 0.333.